The molecule has 1 aromatic heterocycles. The van der Waals surface area contributed by atoms with Crippen LogP contribution in [0.15, 0.2) is 42.5 Å². The molecule has 3 rings (SSSR count). The van der Waals surface area contributed by atoms with Crippen molar-refractivity contribution in [2.24, 2.45) is 0 Å². The molecule has 2 aromatic carbocycles. The fraction of sp³-hybridized carbons (Fsp3) is 0.118. The number of halogens is 2. The van der Waals surface area contributed by atoms with E-state index in [4.69, 9.17) is 27.9 Å². The molecule has 0 aliphatic carbocycles. The number of ether oxygens (including phenoxy) is 1. The van der Waals surface area contributed by atoms with Crippen LogP contribution >= 0.6 is 23.2 Å². The van der Waals surface area contributed by atoms with Gasteiger partial charge < -0.3 is 4.74 Å². The molecule has 1 heterocycles. The van der Waals surface area contributed by atoms with Gasteiger partial charge in [-0.2, -0.15) is 4.98 Å². The van der Waals surface area contributed by atoms with E-state index < -0.39 is 0 Å². The van der Waals surface area contributed by atoms with Crippen molar-refractivity contribution in [3.05, 3.63) is 69.5 Å². The van der Waals surface area contributed by atoms with E-state index in [-0.39, 0.29) is 18.5 Å². The monoisotopic (exact) mass is 376 g/mol. The summed E-state index contributed by atoms with van der Waals surface area (Å²) in [4.78, 5) is 16.3. The largest absolute Gasteiger partial charge is 0.487 e. The highest BCUT2D eigenvalue weighted by Gasteiger charge is 2.10. The second-order valence-corrected chi connectivity index (χ2v) is 6.11. The van der Waals surface area contributed by atoms with E-state index in [1.165, 1.54) is 0 Å². The summed E-state index contributed by atoms with van der Waals surface area (Å²) in [5.74, 6) is 1.03. The lowest BCUT2D eigenvalue weighted by Crippen LogP contribution is -2.13. The maximum Gasteiger partial charge on any atom is 0.258 e. The van der Waals surface area contributed by atoms with E-state index in [9.17, 15) is 4.79 Å². The van der Waals surface area contributed by atoms with Crippen LogP contribution in [0, 0.1) is 6.92 Å². The van der Waals surface area contributed by atoms with Gasteiger partial charge in [0.15, 0.2) is 0 Å². The van der Waals surface area contributed by atoms with Gasteiger partial charge in [-0.3, -0.25) is 15.2 Å². The predicted molar refractivity (Wildman–Crippen MR) is 96.3 cm³/mol. The summed E-state index contributed by atoms with van der Waals surface area (Å²) in [5, 5.41) is 10.2. The third-order valence-corrected chi connectivity index (χ3v) is 3.85. The Hall–Kier alpha value is -2.57. The summed E-state index contributed by atoms with van der Waals surface area (Å²) in [6, 6.07) is 12.1. The Kier molecular flexibility index (Phi) is 5.21. The molecule has 128 valence electrons. The molecule has 0 fully saturated rings. The van der Waals surface area contributed by atoms with E-state index >= 15 is 0 Å². The molecule has 0 radical (unpaired) electrons. The molecular formula is C17H14Cl2N4O2. The van der Waals surface area contributed by atoms with Crippen molar-refractivity contribution < 1.29 is 9.53 Å². The third-order valence-electron chi connectivity index (χ3n) is 3.30. The first kappa shape index (κ1) is 17.3. The Morgan fingerprint density at radius 3 is 2.84 bits per heavy atom. The van der Waals surface area contributed by atoms with Gasteiger partial charge in [-0.25, -0.2) is 0 Å². The van der Waals surface area contributed by atoms with E-state index in [0.717, 1.165) is 5.56 Å². The minimum atomic E-state index is -0.304. The van der Waals surface area contributed by atoms with Crippen LogP contribution in [0.1, 0.15) is 21.7 Å². The van der Waals surface area contributed by atoms with Crippen LogP contribution in [0.4, 0.5) is 5.95 Å². The van der Waals surface area contributed by atoms with Gasteiger partial charge in [-0.1, -0.05) is 35.3 Å². The second kappa shape index (κ2) is 7.55. The molecule has 0 saturated heterocycles. The fourth-order valence-electron chi connectivity index (χ4n) is 2.12. The Bertz CT molecular complexity index is 911. The number of aromatic nitrogens is 3. The summed E-state index contributed by atoms with van der Waals surface area (Å²) in [6.45, 7) is 2.00. The molecule has 8 heteroatoms. The minimum absolute atomic E-state index is 0.231. The summed E-state index contributed by atoms with van der Waals surface area (Å²) < 4.78 is 5.68. The van der Waals surface area contributed by atoms with Crippen molar-refractivity contribution in [2.75, 3.05) is 5.32 Å². The van der Waals surface area contributed by atoms with E-state index in [2.05, 4.69) is 20.5 Å². The minimum Gasteiger partial charge on any atom is -0.487 e. The molecule has 3 aromatic rings. The number of anilines is 1. The zero-order chi connectivity index (χ0) is 17.8. The molecule has 2 N–H and O–H groups in total. The lowest BCUT2D eigenvalue weighted by molar-refractivity contribution is 0.102. The van der Waals surface area contributed by atoms with Crippen LogP contribution < -0.4 is 10.1 Å². The average molecular weight is 377 g/mol. The lowest BCUT2D eigenvalue weighted by atomic mass is 10.1. The van der Waals surface area contributed by atoms with Crippen molar-refractivity contribution in [3.8, 4) is 5.75 Å². The van der Waals surface area contributed by atoms with Crippen molar-refractivity contribution >= 4 is 35.1 Å². The topological polar surface area (TPSA) is 79.9 Å². The molecule has 0 aliphatic heterocycles. The Morgan fingerprint density at radius 2 is 2.08 bits per heavy atom. The van der Waals surface area contributed by atoms with Gasteiger partial charge in [0.05, 0.1) is 5.02 Å². The molecule has 0 atom stereocenters. The lowest BCUT2D eigenvalue weighted by Gasteiger charge is -2.09. The van der Waals surface area contributed by atoms with Crippen LogP contribution in [-0.4, -0.2) is 21.1 Å². The zero-order valence-electron chi connectivity index (χ0n) is 13.2. The maximum atomic E-state index is 12.3. The third kappa shape index (κ3) is 4.49. The first-order valence-electron chi connectivity index (χ1n) is 7.38. The van der Waals surface area contributed by atoms with E-state index in [1.54, 1.807) is 43.3 Å². The van der Waals surface area contributed by atoms with E-state index in [1.807, 2.05) is 6.07 Å². The quantitative estimate of drug-likeness (QED) is 0.697. The Morgan fingerprint density at radius 1 is 1.24 bits per heavy atom. The van der Waals surface area contributed by atoms with Crippen LogP contribution in [0.5, 0.6) is 5.75 Å². The fourth-order valence-corrected chi connectivity index (χ4v) is 2.46. The highest BCUT2D eigenvalue weighted by atomic mass is 35.5. The number of aromatic amines is 1. The van der Waals surface area contributed by atoms with Crippen molar-refractivity contribution in [1.29, 1.82) is 0 Å². The van der Waals surface area contributed by atoms with Gasteiger partial charge in [-0.05, 0) is 36.8 Å². The van der Waals surface area contributed by atoms with Crippen LogP contribution in [0.25, 0.3) is 0 Å². The van der Waals surface area contributed by atoms with Crippen LogP contribution in [0.2, 0.25) is 10.0 Å². The first-order chi connectivity index (χ1) is 12.0. The van der Waals surface area contributed by atoms with Gasteiger partial charge in [0.25, 0.3) is 5.91 Å². The first-order valence-corrected chi connectivity index (χ1v) is 8.14. The molecule has 0 spiro atoms. The highest BCUT2D eigenvalue weighted by molar-refractivity contribution is 6.34. The molecule has 0 aliphatic rings. The van der Waals surface area contributed by atoms with Crippen LogP contribution in [0.3, 0.4) is 0 Å². The standard InChI is InChI=1S/C17H14Cl2N4O2/c1-10-20-17(23-22-10)21-16(24)12-4-2-3-11(7-12)9-25-15-8-13(18)5-6-14(15)19/h2-8H,9H2,1H3,(H2,20,21,22,23,24). The number of hydrogen-bond acceptors (Lipinski definition) is 4. The predicted octanol–water partition coefficient (Wildman–Crippen LogP) is 4.25. The Balaban J connectivity index is 1.68. The number of rotatable bonds is 5. The van der Waals surface area contributed by atoms with Gasteiger partial charge in [-0.15, -0.1) is 5.10 Å². The number of H-pyrrole nitrogens is 1. The summed E-state index contributed by atoms with van der Waals surface area (Å²) in [7, 11) is 0. The average Bonchev–Trinajstić information content (AvgIpc) is 3.01. The molecule has 0 saturated carbocycles. The molecule has 0 unspecified atom stereocenters. The highest BCUT2D eigenvalue weighted by Crippen LogP contribution is 2.28. The molecule has 25 heavy (non-hydrogen) atoms. The molecular weight excluding hydrogens is 363 g/mol. The van der Waals surface area contributed by atoms with Crippen molar-refractivity contribution in [2.45, 2.75) is 13.5 Å². The number of hydrogen-bond donors (Lipinski definition) is 2. The van der Waals surface area contributed by atoms with Crippen molar-refractivity contribution in [3.63, 3.8) is 0 Å². The number of benzene rings is 2. The summed E-state index contributed by atoms with van der Waals surface area (Å²) >= 11 is 12.0. The molecule has 1 amide bonds. The zero-order valence-corrected chi connectivity index (χ0v) is 14.7. The maximum absolute atomic E-state index is 12.3. The number of amides is 1. The SMILES string of the molecule is Cc1nc(NC(=O)c2cccc(COc3cc(Cl)ccc3Cl)c2)n[nH]1. The number of aryl methyl sites for hydroxylation is 1. The number of carbonyl (C=O) groups is 1. The van der Waals surface area contributed by atoms with Crippen LogP contribution in [-0.2, 0) is 6.61 Å². The Labute approximate surface area is 154 Å². The summed E-state index contributed by atoms with van der Waals surface area (Å²) in [5.41, 5.74) is 1.29. The van der Waals surface area contributed by atoms with Gasteiger partial charge >= 0.3 is 0 Å². The number of carbonyl (C=O) groups excluding carboxylic acids is 1. The second-order valence-electron chi connectivity index (χ2n) is 5.26. The number of nitrogens with zero attached hydrogens (tertiary/aromatic N) is 2. The van der Waals surface area contributed by atoms with E-state index in [0.29, 0.717) is 27.2 Å². The van der Waals surface area contributed by atoms with Crippen molar-refractivity contribution in [1.82, 2.24) is 15.2 Å². The number of nitrogens with one attached hydrogen (secondary N) is 2. The summed E-state index contributed by atoms with van der Waals surface area (Å²) in [6.07, 6.45) is 0. The van der Waals surface area contributed by atoms with Gasteiger partial charge in [0, 0.05) is 16.7 Å². The normalized spacial score (nSPS) is 10.5. The van der Waals surface area contributed by atoms with Gasteiger partial charge in [0.1, 0.15) is 18.2 Å². The molecule has 6 nitrogen and oxygen atoms in total. The van der Waals surface area contributed by atoms with Gasteiger partial charge in [0.2, 0.25) is 5.95 Å². The molecule has 0 bridgehead atoms. The smallest absolute Gasteiger partial charge is 0.258 e.